The van der Waals surface area contributed by atoms with Gasteiger partial charge in [0.05, 0.1) is 17.6 Å². The van der Waals surface area contributed by atoms with Crippen LogP contribution < -0.4 is 0 Å². The van der Waals surface area contributed by atoms with Crippen LogP contribution in [0, 0.1) is 10.8 Å². The van der Waals surface area contributed by atoms with Crippen molar-refractivity contribution in [1.29, 1.82) is 0 Å². The minimum absolute atomic E-state index is 0.0671. The first-order chi connectivity index (χ1) is 10.1. The number of rotatable bonds is 8. The van der Waals surface area contributed by atoms with Gasteiger partial charge >= 0.3 is 5.97 Å². The molecule has 0 saturated heterocycles. The van der Waals surface area contributed by atoms with Gasteiger partial charge in [-0.25, -0.2) is 0 Å². The highest BCUT2D eigenvalue weighted by Gasteiger charge is 2.40. The summed E-state index contributed by atoms with van der Waals surface area (Å²) in [6.45, 7) is 21.4. The van der Waals surface area contributed by atoms with Crippen LogP contribution >= 0.6 is 8.58 Å². The zero-order chi connectivity index (χ0) is 18.5. The quantitative estimate of drug-likeness (QED) is 0.444. The van der Waals surface area contributed by atoms with Gasteiger partial charge in [0.1, 0.15) is 5.60 Å². The maximum absolute atomic E-state index is 12.8. The van der Waals surface area contributed by atoms with Gasteiger partial charge in [-0.05, 0) is 66.2 Å². The lowest BCUT2D eigenvalue weighted by Crippen LogP contribution is -2.41. The maximum atomic E-state index is 12.8. The van der Waals surface area contributed by atoms with Crippen molar-refractivity contribution in [2.75, 3.05) is 19.4 Å². The summed E-state index contributed by atoms with van der Waals surface area (Å²) in [5.41, 5.74) is -0.969. The Hall–Kier alpha value is -0.140. The number of carbonyl (C=O) groups excluding carboxylic acids is 1. The minimum atomic E-state index is -0.502. The van der Waals surface area contributed by atoms with Gasteiger partial charge in [-0.2, -0.15) is 0 Å². The molecule has 0 aliphatic rings. The standard InChI is InChI=1S/C19H39O3P/c1-16(2,3)13-19(9,14-23-10)15(20)22-18(7,8)11-12-21-17(4,5)6/h23H,11-14H2,1-10H3. The van der Waals surface area contributed by atoms with Crippen LogP contribution in [-0.4, -0.2) is 36.6 Å². The topological polar surface area (TPSA) is 35.5 Å². The summed E-state index contributed by atoms with van der Waals surface area (Å²) in [5, 5.41) is 0. The molecule has 0 aromatic rings. The Bertz CT molecular complexity index is 377. The molecule has 0 heterocycles. The normalized spacial score (nSPS) is 16.6. The lowest BCUT2D eigenvalue weighted by atomic mass is 9.76. The fourth-order valence-corrected chi connectivity index (χ4v) is 3.85. The number of carbonyl (C=O) groups is 1. The van der Waals surface area contributed by atoms with Crippen molar-refractivity contribution in [3.63, 3.8) is 0 Å². The molecule has 0 amide bonds. The predicted octanol–water partition coefficient (Wildman–Crippen LogP) is 5.26. The highest BCUT2D eigenvalue weighted by atomic mass is 31.1. The van der Waals surface area contributed by atoms with Gasteiger partial charge in [-0.15, -0.1) is 8.58 Å². The monoisotopic (exact) mass is 346 g/mol. The van der Waals surface area contributed by atoms with E-state index in [0.29, 0.717) is 13.0 Å². The summed E-state index contributed by atoms with van der Waals surface area (Å²) in [7, 11) is 0.742. The van der Waals surface area contributed by atoms with Gasteiger partial charge in [0, 0.05) is 6.42 Å². The first-order valence-corrected chi connectivity index (χ1v) is 10.3. The number of hydrogen-bond donors (Lipinski definition) is 0. The van der Waals surface area contributed by atoms with Crippen LogP contribution in [0.4, 0.5) is 0 Å². The van der Waals surface area contributed by atoms with E-state index in [2.05, 4.69) is 34.4 Å². The molecule has 138 valence electrons. The van der Waals surface area contributed by atoms with Crippen molar-refractivity contribution in [3.8, 4) is 0 Å². The molecule has 0 spiro atoms. The van der Waals surface area contributed by atoms with Crippen LogP contribution in [0.15, 0.2) is 0 Å². The maximum Gasteiger partial charge on any atom is 0.312 e. The Labute approximate surface area is 146 Å². The number of ether oxygens (including phenoxy) is 2. The van der Waals surface area contributed by atoms with E-state index in [0.717, 1.165) is 21.2 Å². The molecule has 0 N–H and O–H groups in total. The fraction of sp³-hybridized carbons (Fsp3) is 0.947. The molecule has 23 heavy (non-hydrogen) atoms. The second kappa shape index (κ2) is 8.30. The highest BCUT2D eigenvalue weighted by Crippen LogP contribution is 2.39. The highest BCUT2D eigenvalue weighted by molar-refractivity contribution is 7.37. The molecule has 0 aliphatic carbocycles. The van der Waals surface area contributed by atoms with E-state index in [9.17, 15) is 4.79 Å². The summed E-state index contributed by atoms with van der Waals surface area (Å²) in [6, 6.07) is 0. The molecule has 0 aromatic heterocycles. The molecule has 2 atom stereocenters. The van der Waals surface area contributed by atoms with Crippen molar-refractivity contribution in [2.45, 2.75) is 86.4 Å². The summed E-state index contributed by atoms with van der Waals surface area (Å²) in [4.78, 5) is 12.8. The molecule has 3 nitrogen and oxygen atoms in total. The van der Waals surface area contributed by atoms with Crippen molar-refractivity contribution >= 4 is 14.6 Å². The Balaban J connectivity index is 4.83. The van der Waals surface area contributed by atoms with Crippen molar-refractivity contribution in [1.82, 2.24) is 0 Å². The average molecular weight is 346 g/mol. The molecule has 0 bridgehead atoms. The largest absolute Gasteiger partial charge is 0.459 e. The molecule has 0 rings (SSSR count). The Morgan fingerprint density at radius 3 is 1.87 bits per heavy atom. The van der Waals surface area contributed by atoms with Crippen molar-refractivity contribution < 1.29 is 14.3 Å². The second-order valence-electron chi connectivity index (χ2n) is 9.69. The van der Waals surface area contributed by atoms with Gasteiger partial charge in [0.25, 0.3) is 0 Å². The zero-order valence-corrected chi connectivity index (χ0v) is 18.1. The molecule has 4 heteroatoms. The average Bonchev–Trinajstić information content (AvgIpc) is 2.23. The minimum Gasteiger partial charge on any atom is -0.459 e. The molecule has 0 aromatic carbocycles. The van der Waals surface area contributed by atoms with Gasteiger partial charge in [0.15, 0.2) is 0 Å². The van der Waals surface area contributed by atoms with E-state index in [1.54, 1.807) is 0 Å². The Morgan fingerprint density at radius 1 is 0.957 bits per heavy atom. The van der Waals surface area contributed by atoms with Crippen LogP contribution in [0.25, 0.3) is 0 Å². The van der Waals surface area contributed by atoms with Crippen LogP contribution in [-0.2, 0) is 14.3 Å². The smallest absolute Gasteiger partial charge is 0.312 e. The lowest BCUT2D eigenvalue weighted by molar-refractivity contribution is -0.171. The van der Waals surface area contributed by atoms with E-state index < -0.39 is 11.0 Å². The molecule has 2 unspecified atom stereocenters. The van der Waals surface area contributed by atoms with Crippen LogP contribution in [0.5, 0.6) is 0 Å². The SMILES string of the molecule is CPCC(C)(CC(C)(C)C)C(=O)OC(C)(C)CCOC(C)(C)C. The molecular formula is C19H39O3P. The molecular weight excluding hydrogens is 307 g/mol. The first-order valence-electron chi connectivity index (χ1n) is 8.62. The van der Waals surface area contributed by atoms with E-state index in [4.69, 9.17) is 9.47 Å². The zero-order valence-electron chi connectivity index (χ0n) is 17.1. The summed E-state index contributed by atoms with van der Waals surface area (Å²) >= 11 is 0. The van der Waals surface area contributed by atoms with Gasteiger partial charge in [-0.1, -0.05) is 20.8 Å². The molecule has 0 saturated carbocycles. The van der Waals surface area contributed by atoms with Gasteiger partial charge in [-0.3, -0.25) is 4.79 Å². The summed E-state index contributed by atoms with van der Waals surface area (Å²) in [6.07, 6.45) is 2.43. The van der Waals surface area contributed by atoms with E-state index in [-0.39, 0.29) is 17.0 Å². The van der Waals surface area contributed by atoms with Gasteiger partial charge in [0.2, 0.25) is 0 Å². The van der Waals surface area contributed by atoms with Crippen LogP contribution in [0.1, 0.15) is 75.2 Å². The fourth-order valence-electron chi connectivity index (χ4n) is 2.80. The number of hydrogen-bond acceptors (Lipinski definition) is 3. The third kappa shape index (κ3) is 10.4. The van der Waals surface area contributed by atoms with Crippen LogP contribution in [0.3, 0.4) is 0 Å². The van der Waals surface area contributed by atoms with Crippen molar-refractivity contribution in [2.24, 2.45) is 10.8 Å². The lowest BCUT2D eigenvalue weighted by Gasteiger charge is -2.37. The van der Waals surface area contributed by atoms with E-state index in [1.165, 1.54) is 0 Å². The van der Waals surface area contributed by atoms with Crippen LogP contribution in [0.2, 0.25) is 0 Å². The predicted molar refractivity (Wildman–Crippen MR) is 102 cm³/mol. The molecule has 0 radical (unpaired) electrons. The third-order valence-corrected chi connectivity index (χ3v) is 4.72. The second-order valence-corrected chi connectivity index (χ2v) is 10.7. The van der Waals surface area contributed by atoms with Crippen molar-refractivity contribution in [3.05, 3.63) is 0 Å². The van der Waals surface area contributed by atoms with E-state index >= 15 is 0 Å². The third-order valence-electron chi connectivity index (χ3n) is 3.59. The first kappa shape index (κ1) is 22.9. The van der Waals surface area contributed by atoms with E-state index in [1.807, 2.05) is 34.6 Å². The molecule has 0 aliphatic heterocycles. The number of esters is 1. The summed E-state index contributed by atoms with van der Waals surface area (Å²) in [5.74, 6) is -0.0671. The summed E-state index contributed by atoms with van der Waals surface area (Å²) < 4.78 is 11.7. The Kier molecular flexibility index (Phi) is 8.25. The Morgan fingerprint density at radius 2 is 1.48 bits per heavy atom. The van der Waals surface area contributed by atoms with Gasteiger partial charge < -0.3 is 9.47 Å². The molecule has 0 fully saturated rings.